The minimum absolute atomic E-state index is 0.0187. The van der Waals surface area contributed by atoms with Gasteiger partial charge in [-0.3, -0.25) is 13.9 Å². The first-order valence-electron chi connectivity index (χ1n) is 11.4. The van der Waals surface area contributed by atoms with Gasteiger partial charge in [0.1, 0.15) is 18.1 Å². The molecular weight excluding hydrogens is 504 g/mol. The Labute approximate surface area is 214 Å². The van der Waals surface area contributed by atoms with Crippen LogP contribution in [-0.2, 0) is 24.5 Å². The van der Waals surface area contributed by atoms with E-state index >= 15 is 4.39 Å². The molecule has 0 bridgehead atoms. The number of nitrogens with zero attached hydrogens (tertiary/aromatic N) is 5. The molecule has 0 saturated heterocycles. The Morgan fingerprint density at radius 3 is 2.49 bits per heavy atom. The van der Waals surface area contributed by atoms with Gasteiger partial charge in [0.25, 0.3) is 5.56 Å². The van der Waals surface area contributed by atoms with Crippen LogP contribution >= 0.6 is 11.6 Å². The third kappa shape index (κ3) is 4.56. The summed E-state index contributed by atoms with van der Waals surface area (Å²) in [7, 11) is 0. The van der Waals surface area contributed by atoms with Crippen molar-refractivity contribution in [3.8, 4) is 11.5 Å². The molecular formula is C26H20ClF2N5O3. The second-order valence-corrected chi connectivity index (χ2v) is 8.53. The van der Waals surface area contributed by atoms with Crippen LogP contribution in [0.4, 0.5) is 8.78 Å². The zero-order valence-corrected chi connectivity index (χ0v) is 20.3. The number of fused-ring (bicyclic) bond motifs is 1. The average Bonchev–Trinajstić information content (AvgIpc) is 3.20. The largest absolute Gasteiger partial charge is 0.369 e. The van der Waals surface area contributed by atoms with Gasteiger partial charge < -0.3 is 4.74 Å². The molecule has 0 unspecified atom stereocenters. The molecule has 37 heavy (non-hydrogen) atoms. The van der Waals surface area contributed by atoms with Gasteiger partial charge in [0.15, 0.2) is 17.5 Å². The van der Waals surface area contributed by atoms with E-state index in [1.54, 1.807) is 6.92 Å². The SMILES string of the molecule is CCn1c(COCc2ccccc2)nn(-c2nc3ccn(-c4c(F)cccc4Cl)c(=O)c3cc2F)c1=O. The molecule has 5 rings (SSSR count). The maximum absolute atomic E-state index is 15.2. The fourth-order valence-corrected chi connectivity index (χ4v) is 4.27. The minimum atomic E-state index is -0.943. The molecule has 0 spiro atoms. The highest BCUT2D eigenvalue weighted by atomic mass is 35.5. The molecule has 0 fully saturated rings. The van der Waals surface area contributed by atoms with Gasteiger partial charge in [0.2, 0.25) is 0 Å². The summed E-state index contributed by atoms with van der Waals surface area (Å²) in [4.78, 5) is 30.3. The van der Waals surface area contributed by atoms with E-state index in [1.165, 1.54) is 29.0 Å². The minimum Gasteiger partial charge on any atom is -0.369 e. The molecule has 0 N–H and O–H groups in total. The molecule has 11 heteroatoms. The lowest BCUT2D eigenvalue weighted by Gasteiger charge is -2.10. The van der Waals surface area contributed by atoms with E-state index in [1.807, 2.05) is 30.3 Å². The van der Waals surface area contributed by atoms with Crippen LogP contribution in [0.25, 0.3) is 22.4 Å². The Bertz CT molecular complexity index is 1710. The standard InChI is InChI=1S/C26H20ClF2N5O3/c1-2-32-22(15-37-14-16-7-4-3-5-8-16)31-34(26(32)36)24-20(29)13-17-21(30-24)11-12-33(25(17)35)23-18(27)9-6-10-19(23)28/h3-13H,2,14-15H2,1H3. The van der Waals surface area contributed by atoms with Crippen LogP contribution in [0, 0.1) is 11.6 Å². The molecule has 3 heterocycles. The van der Waals surface area contributed by atoms with Crippen LogP contribution in [0.15, 0.2) is 76.4 Å². The maximum atomic E-state index is 15.2. The third-order valence-electron chi connectivity index (χ3n) is 5.79. The molecule has 0 aliphatic carbocycles. The summed E-state index contributed by atoms with van der Waals surface area (Å²) in [5, 5.41) is 4.15. The maximum Gasteiger partial charge on any atom is 0.352 e. The van der Waals surface area contributed by atoms with E-state index < -0.39 is 22.9 Å². The Morgan fingerprint density at radius 1 is 0.973 bits per heavy atom. The predicted octanol–water partition coefficient (Wildman–Crippen LogP) is 4.40. The van der Waals surface area contributed by atoms with Gasteiger partial charge in [0.05, 0.1) is 22.5 Å². The predicted molar refractivity (Wildman–Crippen MR) is 134 cm³/mol. The number of halogens is 3. The number of ether oxygens (including phenoxy) is 1. The van der Waals surface area contributed by atoms with Crippen molar-refractivity contribution in [3.05, 3.63) is 116 Å². The van der Waals surface area contributed by atoms with Crippen molar-refractivity contribution < 1.29 is 13.5 Å². The Hall–Kier alpha value is -4.15. The number of hydrogen-bond acceptors (Lipinski definition) is 5. The molecule has 0 radical (unpaired) electrons. The summed E-state index contributed by atoms with van der Waals surface area (Å²) < 4.78 is 38.5. The van der Waals surface area contributed by atoms with Crippen LogP contribution in [-0.4, -0.2) is 23.9 Å². The summed E-state index contributed by atoms with van der Waals surface area (Å²) in [6.45, 7) is 2.38. The van der Waals surface area contributed by atoms with Crippen molar-refractivity contribution in [2.45, 2.75) is 26.7 Å². The quantitative estimate of drug-likeness (QED) is 0.316. The Kier molecular flexibility index (Phi) is 6.68. The highest BCUT2D eigenvalue weighted by Gasteiger charge is 2.20. The summed E-state index contributed by atoms with van der Waals surface area (Å²) in [6, 6.07) is 15.9. The first-order chi connectivity index (χ1) is 17.9. The van der Waals surface area contributed by atoms with Gasteiger partial charge in [0, 0.05) is 12.7 Å². The van der Waals surface area contributed by atoms with Crippen molar-refractivity contribution in [3.63, 3.8) is 0 Å². The fourth-order valence-electron chi connectivity index (χ4n) is 4.01. The van der Waals surface area contributed by atoms with Crippen LogP contribution < -0.4 is 11.2 Å². The Balaban J connectivity index is 1.53. The second kappa shape index (κ2) is 10.1. The number of benzene rings is 2. The smallest absolute Gasteiger partial charge is 0.352 e. The van der Waals surface area contributed by atoms with E-state index in [-0.39, 0.29) is 40.6 Å². The zero-order chi connectivity index (χ0) is 26.1. The monoisotopic (exact) mass is 523 g/mol. The van der Waals surface area contributed by atoms with Crippen molar-refractivity contribution in [2.24, 2.45) is 0 Å². The van der Waals surface area contributed by atoms with Gasteiger partial charge in [-0.1, -0.05) is 48.0 Å². The highest BCUT2D eigenvalue weighted by Crippen LogP contribution is 2.23. The molecule has 0 atom stereocenters. The average molecular weight is 524 g/mol. The van der Waals surface area contributed by atoms with Crippen LogP contribution in [0.5, 0.6) is 0 Å². The van der Waals surface area contributed by atoms with Crippen molar-refractivity contribution in [2.75, 3.05) is 0 Å². The van der Waals surface area contributed by atoms with Crippen LogP contribution in [0.2, 0.25) is 5.02 Å². The first kappa shape index (κ1) is 24.5. The Morgan fingerprint density at radius 2 is 1.76 bits per heavy atom. The van der Waals surface area contributed by atoms with Crippen LogP contribution in [0.3, 0.4) is 0 Å². The van der Waals surface area contributed by atoms with Gasteiger partial charge in [-0.05, 0) is 36.8 Å². The lowest BCUT2D eigenvalue weighted by molar-refractivity contribution is 0.0989. The molecule has 2 aromatic carbocycles. The fraction of sp³-hybridized carbons (Fsp3) is 0.154. The van der Waals surface area contributed by atoms with Crippen molar-refractivity contribution in [1.29, 1.82) is 0 Å². The number of pyridine rings is 2. The van der Waals surface area contributed by atoms with E-state index in [4.69, 9.17) is 16.3 Å². The summed E-state index contributed by atoms with van der Waals surface area (Å²) in [6.07, 6.45) is 1.29. The second-order valence-electron chi connectivity index (χ2n) is 8.12. The van der Waals surface area contributed by atoms with E-state index in [2.05, 4.69) is 10.1 Å². The van der Waals surface area contributed by atoms with Gasteiger partial charge in [-0.25, -0.2) is 18.6 Å². The molecule has 0 saturated carbocycles. The van der Waals surface area contributed by atoms with Crippen LogP contribution in [0.1, 0.15) is 18.3 Å². The van der Waals surface area contributed by atoms with Gasteiger partial charge in [-0.15, -0.1) is 5.10 Å². The molecule has 188 valence electrons. The lowest BCUT2D eigenvalue weighted by atomic mass is 10.2. The normalized spacial score (nSPS) is 11.4. The number of aromatic nitrogens is 5. The molecule has 0 aliphatic rings. The molecule has 5 aromatic rings. The van der Waals surface area contributed by atoms with Crippen molar-refractivity contribution >= 4 is 22.5 Å². The van der Waals surface area contributed by atoms with Gasteiger partial charge >= 0.3 is 5.69 Å². The third-order valence-corrected chi connectivity index (χ3v) is 6.10. The lowest BCUT2D eigenvalue weighted by Crippen LogP contribution is -2.26. The molecule has 0 amide bonds. The van der Waals surface area contributed by atoms with E-state index in [0.29, 0.717) is 12.4 Å². The molecule has 3 aromatic heterocycles. The molecule has 8 nitrogen and oxygen atoms in total. The summed E-state index contributed by atoms with van der Waals surface area (Å²) in [5.41, 5.74) is -0.414. The summed E-state index contributed by atoms with van der Waals surface area (Å²) in [5.74, 6) is -1.72. The highest BCUT2D eigenvalue weighted by molar-refractivity contribution is 6.32. The van der Waals surface area contributed by atoms with E-state index in [0.717, 1.165) is 26.9 Å². The summed E-state index contributed by atoms with van der Waals surface area (Å²) >= 11 is 6.09. The number of hydrogen-bond donors (Lipinski definition) is 0. The topological polar surface area (TPSA) is 83.9 Å². The molecule has 0 aliphatic heterocycles. The number of para-hydroxylation sites is 1. The van der Waals surface area contributed by atoms with Gasteiger partial charge in [-0.2, -0.15) is 4.68 Å². The number of rotatable bonds is 7. The van der Waals surface area contributed by atoms with Crippen molar-refractivity contribution in [1.82, 2.24) is 23.9 Å². The van der Waals surface area contributed by atoms with E-state index in [9.17, 15) is 14.0 Å². The first-order valence-corrected chi connectivity index (χ1v) is 11.7. The zero-order valence-electron chi connectivity index (χ0n) is 19.6.